The molecule has 2 heterocycles. The predicted molar refractivity (Wildman–Crippen MR) is 72.1 cm³/mol. The van der Waals surface area contributed by atoms with Crippen LogP contribution in [0.25, 0.3) is 10.9 Å². The quantitative estimate of drug-likeness (QED) is 0.742. The summed E-state index contributed by atoms with van der Waals surface area (Å²) < 4.78 is 3.10. The number of piperidine rings is 1. The van der Waals surface area contributed by atoms with Gasteiger partial charge in [-0.05, 0) is 17.5 Å². The third kappa shape index (κ3) is 2.06. The van der Waals surface area contributed by atoms with Crippen LogP contribution >= 0.6 is 0 Å². The average Bonchev–Trinajstić information content (AvgIpc) is 2.72. The van der Waals surface area contributed by atoms with Crippen molar-refractivity contribution in [2.24, 2.45) is 0 Å². The van der Waals surface area contributed by atoms with Gasteiger partial charge < -0.3 is 9.05 Å². The van der Waals surface area contributed by atoms with Crippen molar-refractivity contribution in [3.63, 3.8) is 0 Å². The van der Waals surface area contributed by atoms with Crippen LogP contribution in [0.2, 0.25) is 0 Å². The molecule has 1 saturated heterocycles. The van der Waals surface area contributed by atoms with Crippen molar-refractivity contribution in [3.8, 4) is 0 Å². The van der Waals surface area contributed by atoms with Crippen LogP contribution in [0.15, 0.2) is 36.5 Å². The number of hydrogen-bond acceptors (Lipinski definition) is 1. The van der Waals surface area contributed by atoms with Crippen LogP contribution in [0.3, 0.4) is 0 Å². The number of likely N-dealkylation sites (N-methyl/N-ethyl adjacent to an activating group) is 1. The van der Waals surface area contributed by atoms with E-state index in [0.29, 0.717) is 12.3 Å². The van der Waals surface area contributed by atoms with Crippen LogP contribution in [0.5, 0.6) is 0 Å². The molecule has 18 heavy (non-hydrogen) atoms. The van der Waals surface area contributed by atoms with E-state index in [9.17, 15) is 4.79 Å². The number of likely N-dealkylation sites (tertiary alicyclic amines) is 1. The van der Waals surface area contributed by atoms with Gasteiger partial charge in [-0.1, -0.05) is 18.2 Å². The molecule has 0 N–H and O–H groups in total. The number of carbonyl (C=O) groups is 1. The maximum Gasteiger partial charge on any atom is 0.187 e. The smallest absolute Gasteiger partial charge is 0.187 e. The summed E-state index contributed by atoms with van der Waals surface area (Å²) in [5.41, 5.74) is 1.26. The Morgan fingerprint density at radius 3 is 2.94 bits per heavy atom. The Labute approximate surface area is 107 Å². The third-order valence-corrected chi connectivity index (χ3v) is 3.89. The Balaban J connectivity index is 1.89. The van der Waals surface area contributed by atoms with Gasteiger partial charge in [0.2, 0.25) is 0 Å². The zero-order valence-electron chi connectivity index (χ0n) is 10.8. The molecular weight excluding hydrogens is 224 g/mol. The lowest BCUT2D eigenvalue weighted by molar-refractivity contribution is -0.925. The molecule has 1 aliphatic heterocycles. The number of benzene rings is 1. The highest BCUT2D eigenvalue weighted by Gasteiger charge is 2.30. The number of aromatic nitrogens is 1. The minimum Gasteiger partial charge on any atom is -0.302 e. The first-order valence-electron chi connectivity index (χ1n) is 6.55. The van der Waals surface area contributed by atoms with Gasteiger partial charge >= 0.3 is 0 Å². The van der Waals surface area contributed by atoms with E-state index in [2.05, 4.69) is 48.1 Å². The maximum atomic E-state index is 11.6. The van der Waals surface area contributed by atoms with Crippen molar-refractivity contribution < 1.29 is 9.28 Å². The molecule has 1 atom stereocenters. The van der Waals surface area contributed by atoms with E-state index >= 15 is 0 Å². The van der Waals surface area contributed by atoms with Gasteiger partial charge in [0.15, 0.2) is 12.5 Å². The summed E-state index contributed by atoms with van der Waals surface area (Å²) in [6, 6.07) is 10.6. The summed E-state index contributed by atoms with van der Waals surface area (Å²) in [4.78, 5) is 11.6. The van der Waals surface area contributed by atoms with E-state index in [0.717, 1.165) is 30.5 Å². The topological polar surface area (TPSA) is 22.0 Å². The Hall–Kier alpha value is -1.61. The number of quaternary nitrogens is 1. The molecule has 1 aromatic carbocycles. The fraction of sp³-hybridized carbons (Fsp3) is 0.400. The van der Waals surface area contributed by atoms with Gasteiger partial charge in [-0.25, -0.2) is 0 Å². The van der Waals surface area contributed by atoms with Crippen molar-refractivity contribution in [1.82, 2.24) is 4.57 Å². The molecule has 3 rings (SSSR count). The van der Waals surface area contributed by atoms with Crippen LogP contribution in [0.4, 0.5) is 0 Å². The fourth-order valence-electron chi connectivity index (χ4n) is 2.99. The maximum absolute atomic E-state index is 11.6. The highest BCUT2D eigenvalue weighted by molar-refractivity contribution is 5.80. The molecule has 1 fully saturated rings. The van der Waals surface area contributed by atoms with Crippen molar-refractivity contribution in [1.29, 1.82) is 0 Å². The lowest BCUT2D eigenvalue weighted by Crippen LogP contribution is -2.51. The SMILES string of the molecule is C[N+]1(Cn2ccc3ccccc32)CCCC(=O)C1. The average molecular weight is 243 g/mol. The largest absolute Gasteiger partial charge is 0.302 e. The predicted octanol–water partition coefficient (Wildman–Crippen LogP) is 2.41. The van der Waals surface area contributed by atoms with E-state index in [-0.39, 0.29) is 0 Å². The highest BCUT2D eigenvalue weighted by atomic mass is 16.1. The summed E-state index contributed by atoms with van der Waals surface area (Å²) in [5.74, 6) is 0.403. The second kappa shape index (κ2) is 4.25. The van der Waals surface area contributed by atoms with Crippen molar-refractivity contribution in [3.05, 3.63) is 36.5 Å². The van der Waals surface area contributed by atoms with Crippen molar-refractivity contribution >= 4 is 16.7 Å². The second-order valence-corrected chi connectivity index (χ2v) is 5.63. The number of rotatable bonds is 2. The van der Waals surface area contributed by atoms with Gasteiger partial charge in [-0.15, -0.1) is 0 Å². The standard InChI is InChI=1S/C15H19N2O/c1-17(10-4-6-14(18)11-17)12-16-9-8-13-5-2-3-7-15(13)16/h2-3,5,7-9H,4,6,10-12H2,1H3/q+1. The number of para-hydroxylation sites is 1. The van der Waals surface area contributed by atoms with Crippen molar-refractivity contribution in [2.75, 3.05) is 20.1 Å². The number of ketones is 1. The number of fused-ring (bicyclic) bond motifs is 1. The van der Waals surface area contributed by atoms with Gasteiger partial charge in [0.25, 0.3) is 0 Å². The molecule has 3 nitrogen and oxygen atoms in total. The highest BCUT2D eigenvalue weighted by Crippen LogP contribution is 2.20. The number of Topliss-reactive ketones (excluding diaryl/α,β-unsaturated/α-hetero) is 1. The molecule has 2 aromatic rings. The number of carbonyl (C=O) groups excluding carboxylic acids is 1. The first kappa shape index (κ1) is 11.5. The van der Waals surface area contributed by atoms with Crippen LogP contribution < -0.4 is 0 Å². The molecule has 3 heteroatoms. The molecule has 1 aliphatic rings. The van der Waals surface area contributed by atoms with E-state index in [1.54, 1.807) is 0 Å². The molecule has 0 aliphatic carbocycles. The molecular formula is C15H19N2O+. The molecule has 0 saturated carbocycles. The number of nitrogens with zero attached hydrogens (tertiary/aromatic N) is 2. The molecule has 0 spiro atoms. The molecule has 0 bridgehead atoms. The summed E-state index contributed by atoms with van der Waals surface area (Å²) in [6.45, 7) is 2.66. The third-order valence-electron chi connectivity index (χ3n) is 3.89. The summed E-state index contributed by atoms with van der Waals surface area (Å²) in [7, 11) is 2.19. The molecule has 1 unspecified atom stereocenters. The number of hydrogen-bond donors (Lipinski definition) is 0. The monoisotopic (exact) mass is 243 g/mol. The zero-order valence-corrected chi connectivity index (χ0v) is 10.8. The molecule has 1 aromatic heterocycles. The lowest BCUT2D eigenvalue weighted by Gasteiger charge is -2.37. The minimum absolute atomic E-state index is 0.403. The van der Waals surface area contributed by atoms with Crippen LogP contribution in [0.1, 0.15) is 12.8 Å². The Kier molecular flexibility index (Phi) is 2.71. The molecule has 94 valence electrons. The van der Waals surface area contributed by atoms with Crippen LogP contribution in [0, 0.1) is 0 Å². The Bertz CT molecular complexity index is 587. The van der Waals surface area contributed by atoms with E-state index < -0.39 is 0 Å². The van der Waals surface area contributed by atoms with Crippen LogP contribution in [-0.4, -0.2) is 35.0 Å². The first-order chi connectivity index (χ1) is 8.66. The Morgan fingerprint density at radius 2 is 2.11 bits per heavy atom. The lowest BCUT2D eigenvalue weighted by atomic mass is 10.1. The van der Waals surface area contributed by atoms with Crippen molar-refractivity contribution in [2.45, 2.75) is 19.5 Å². The molecule has 0 radical (unpaired) electrons. The summed E-state index contributed by atoms with van der Waals surface area (Å²) in [6.07, 6.45) is 3.92. The van der Waals surface area contributed by atoms with E-state index in [4.69, 9.17) is 0 Å². The van der Waals surface area contributed by atoms with Gasteiger partial charge in [0, 0.05) is 19.0 Å². The van der Waals surface area contributed by atoms with Crippen LogP contribution in [-0.2, 0) is 11.5 Å². The minimum atomic E-state index is 0.403. The molecule has 0 amide bonds. The van der Waals surface area contributed by atoms with E-state index in [1.165, 1.54) is 10.9 Å². The first-order valence-corrected chi connectivity index (χ1v) is 6.55. The normalized spacial score (nSPS) is 24.6. The van der Waals surface area contributed by atoms with Gasteiger partial charge in [-0.2, -0.15) is 0 Å². The summed E-state index contributed by atoms with van der Waals surface area (Å²) >= 11 is 0. The van der Waals surface area contributed by atoms with Gasteiger partial charge in [0.1, 0.15) is 6.54 Å². The van der Waals surface area contributed by atoms with E-state index in [1.807, 2.05) is 0 Å². The van der Waals surface area contributed by atoms with Gasteiger partial charge in [-0.3, -0.25) is 4.79 Å². The fourth-order valence-corrected chi connectivity index (χ4v) is 2.99. The summed E-state index contributed by atoms with van der Waals surface area (Å²) in [5, 5.41) is 1.27. The Morgan fingerprint density at radius 1 is 1.28 bits per heavy atom. The van der Waals surface area contributed by atoms with Gasteiger partial charge in [0.05, 0.1) is 19.1 Å². The zero-order chi connectivity index (χ0) is 12.6. The second-order valence-electron chi connectivity index (χ2n) is 5.63.